The van der Waals surface area contributed by atoms with Gasteiger partial charge in [0, 0.05) is 0 Å². The third-order valence-electron chi connectivity index (χ3n) is 1.29. The van der Waals surface area contributed by atoms with Gasteiger partial charge in [-0.15, -0.1) is 0 Å². The normalized spacial score (nSPS) is 12.8. The second kappa shape index (κ2) is 5.27. The monoisotopic (exact) mass is 230 g/mol. The van der Waals surface area contributed by atoms with Gasteiger partial charge in [-0.2, -0.15) is 13.2 Å². The first-order valence-electron chi connectivity index (χ1n) is 3.72. The van der Waals surface area contributed by atoms with Gasteiger partial charge in [0.2, 0.25) is 0 Å². The van der Waals surface area contributed by atoms with E-state index >= 15 is 0 Å². The standard InChI is InChI=1S/C6H9F3N2O4/c1-3(6(7,8)9)2-15-5(14)11-10-4(12)13/h3,10H,2H2,1H3,(H,11,14)(H,12,13). The summed E-state index contributed by atoms with van der Waals surface area (Å²) >= 11 is 0. The summed E-state index contributed by atoms with van der Waals surface area (Å²) in [7, 11) is 0. The summed E-state index contributed by atoms with van der Waals surface area (Å²) in [5.74, 6) is -1.81. The van der Waals surface area contributed by atoms with Gasteiger partial charge in [0.1, 0.15) is 6.61 Å². The minimum absolute atomic E-state index is 0.831. The van der Waals surface area contributed by atoms with E-state index in [1.54, 1.807) is 0 Å². The lowest BCUT2D eigenvalue weighted by atomic mass is 10.2. The highest BCUT2D eigenvalue weighted by Gasteiger charge is 2.36. The number of hydrogen-bond acceptors (Lipinski definition) is 3. The average Bonchev–Trinajstić information content (AvgIpc) is 2.09. The fourth-order valence-corrected chi connectivity index (χ4v) is 0.436. The second-order valence-corrected chi connectivity index (χ2v) is 2.60. The van der Waals surface area contributed by atoms with Crippen molar-refractivity contribution in [3.05, 3.63) is 0 Å². The van der Waals surface area contributed by atoms with Gasteiger partial charge in [0.15, 0.2) is 0 Å². The largest absolute Gasteiger partial charge is 0.464 e. The summed E-state index contributed by atoms with van der Waals surface area (Å²) in [6.07, 6.45) is -7.31. The van der Waals surface area contributed by atoms with Crippen LogP contribution >= 0.6 is 0 Å². The zero-order chi connectivity index (χ0) is 12.1. The van der Waals surface area contributed by atoms with Crippen LogP contribution in [0.5, 0.6) is 0 Å². The molecule has 6 nitrogen and oxygen atoms in total. The number of carbonyl (C=O) groups excluding carboxylic acids is 1. The predicted octanol–water partition coefficient (Wildman–Crippen LogP) is 1.09. The molecular weight excluding hydrogens is 221 g/mol. The van der Waals surface area contributed by atoms with Crippen LogP contribution in [0.3, 0.4) is 0 Å². The van der Waals surface area contributed by atoms with Gasteiger partial charge in [0.05, 0.1) is 5.92 Å². The van der Waals surface area contributed by atoms with E-state index in [0.29, 0.717) is 0 Å². The summed E-state index contributed by atoms with van der Waals surface area (Å²) in [5.41, 5.74) is 2.93. The molecule has 15 heavy (non-hydrogen) atoms. The van der Waals surface area contributed by atoms with Crippen LogP contribution < -0.4 is 10.9 Å². The van der Waals surface area contributed by atoms with E-state index in [1.807, 2.05) is 0 Å². The first-order chi connectivity index (χ1) is 6.73. The Hall–Kier alpha value is -1.67. The molecule has 1 unspecified atom stereocenters. The molecule has 1 atom stereocenters. The summed E-state index contributed by atoms with van der Waals surface area (Å²) in [6.45, 7) is -0.0471. The number of hydrazine groups is 1. The Bertz CT molecular complexity index is 243. The molecule has 88 valence electrons. The Balaban J connectivity index is 3.76. The van der Waals surface area contributed by atoms with E-state index < -0.39 is 30.9 Å². The third-order valence-corrected chi connectivity index (χ3v) is 1.29. The maximum atomic E-state index is 11.9. The predicted molar refractivity (Wildman–Crippen MR) is 40.9 cm³/mol. The molecule has 0 aromatic heterocycles. The van der Waals surface area contributed by atoms with Crippen LogP contribution in [0.25, 0.3) is 0 Å². The molecule has 0 aliphatic rings. The van der Waals surface area contributed by atoms with Gasteiger partial charge in [-0.1, -0.05) is 6.92 Å². The van der Waals surface area contributed by atoms with E-state index in [9.17, 15) is 22.8 Å². The summed E-state index contributed by atoms with van der Waals surface area (Å²) in [6, 6.07) is 0. The number of ether oxygens (including phenoxy) is 1. The van der Waals surface area contributed by atoms with E-state index in [-0.39, 0.29) is 0 Å². The number of hydrogen-bond donors (Lipinski definition) is 3. The summed E-state index contributed by atoms with van der Waals surface area (Å²) < 4.78 is 39.8. The topological polar surface area (TPSA) is 87.7 Å². The zero-order valence-corrected chi connectivity index (χ0v) is 7.59. The zero-order valence-electron chi connectivity index (χ0n) is 7.59. The Morgan fingerprint density at radius 1 is 1.40 bits per heavy atom. The van der Waals surface area contributed by atoms with Gasteiger partial charge in [0.25, 0.3) is 0 Å². The smallest absolute Gasteiger partial charge is 0.426 e. The lowest BCUT2D eigenvalue weighted by Crippen LogP contribution is -2.42. The molecule has 0 bridgehead atoms. The molecule has 0 aliphatic heterocycles. The molecule has 0 fully saturated rings. The van der Waals surface area contributed by atoms with Crippen LogP contribution in [0.1, 0.15) is 6.92 Å². The van der Waals surface area contributed by atoms with Crippen molar-refractivity contribution in [3.63, 3.8) is 0 Å². The van der Waals surface area contributed by atoms with Crippen molar-refractivity contribution < 1.29 is 32.6 Å². The van der Waals surface area contributed by atoms with Crippen LogP contribution in [-0.2, 0) is 4.74 Å². The van der Waals surface area contributed by atoms with Gasteiger partial charge in [-0.3, -0.25) is 0 Å². The van der Waals surface area contributed by atoms with Crippen LogP contribution in [0, 0.1) is 5.92 Å². The van der Waals surface area contributed by atoms with E-state index in [1.165, 1.54) is 10.9 Å². The van der Waals surface area contributed by atoms with Crippen molar-refractivity contribution in [1.29, 1.82) is 0 Å². The van der Waals surface area contributed by atoms with Crippen molar-refractivity contribution in [1.82, 2.24) is 10.9 Å². The summed E-state index contributed by atoms with van der Waals surface area (Å²) in [5, 5.41) is 8.01. The molecule has 0 spiro atoms. The van der Waals surface area contributed by atoms with Crippen LogP contribution in [0.4, 0.5) is 22.8 Å². The third kappa shape index (κ3) is 6.41. The first-order valence-corrected chi connectivity index (χ1v) is 3.72. The van der Waals surface area contributed by atoms with Crippen LogP contribution in [0.15, 0.2) is 0 Å². The Labute approximate surface area is 82.4 Å². The summed E-state index contributed by atoms with van der Waals surface area (Å²) in [4.78, 5) is 20.4. The number of amides is 2. The fourth-order valence-electron chi connectivity index (χ4n) is 0.436. The fraction of sp³-hybridized carbons (Fsp3) is 0.667. The Kier molecular flexibility index (Phi) is 4.68. The van der Waals surface area contributed by atoms with Gasteiger partial charge in [-0.05, 0) is 0 Å². The maximum Gasteiger partial charge on any atom is 0.426 e. The number of rotatable bonds is 2. The number of carbonyl (C=O) groups is 2. The van der Waals surface area contributed by atoms with E-state index in [0.717, 1.165) is 6.92 Å². The van der Waals surface area contributed by atoms with Gasteiger partial charge in [-0.25, -0.2) is 20.4 Å². The highest BCUT2D eigenvalue weighted by Crippen LogP contribution is 2.25. The molecule has 0 radical (unpaired) electrons. The van der Waals surface area contributed by atoms with Crippen LogP contribution in [0.2, 0.25) is 0 Å². The lowest BCUT2D eigenvalue weighted by molar-refractivity contribution is -0.178. The van der Waals surface area contributed by atoms with E-state index in [2.05, 4.69) is 4.74 Å². The van der Waals surface area contributed by atoms with Gasteiger partial charge >= 0.3 is 18.4 Å². The molecular formula is C6H9F3N2O4. The highest BCUT2D eigenvalue weighted by atomic mass is 19.4. The number of carboxylic acid groups (broad SMARTS) is 1. The first kappa shape index (κ1) is 13.3. The molecule has 0 heterocycles. The molecule has 2 amide bonds. The number of nitrogens with one attached hydrogen (secondary N) is 2. The quantitative estimate of drug-likeness (QED) is 0.619. The minimum atomic E-state index is -4.46. The second-order valence-electron chi connectivity index (χ2n) is 2.60. The SMILES string of the molecule is CC(COC(=O)NNC(=O)O)C(F)(F)F. The molecule has 0 aromatic rings. The highest BCUT2D eigenvalue weighted by molar-refractivity contribution is 5.72. The van der Waals surface area contributed by atoms with Crippen molar-refractivity contribution in [2.75, 3.05) is 6.61 Å². The molecule has 0 aromatic carbocycles. The van der Waals surface area contributed by atoms with Crippen molar-refractivity contribution in [3.8, 4) is 0 Å². The number of alkyl halides is 3. The van der Waals surface area contributed by atoms with Crippen molar-refractivity contribution in [2.24, 2.45) is 5.92 Å². The van der Waals surface area contributed by atoms with Gasteiger partial charge < -0.3 is 9.84 Å². The lowest BCUT2D eigenvalue weighted by Gasteiger charge is -2.15. The Morgan fingerprint density at radius 3 is 2.33 bits per heavy atom. The van der Waals surface area contributed by atoms with E-state index in [4.69, 9.17) is 5.11 Å². The number of halogens is 3. The van der Waals surface area contributed by atoms with Crippen molar-refractivity contribution in [2.45, 2.75) is 13.1 Å². The molecule has 0 saturated heterocycles. The minimum Gasteiger partial charge on any atom is -0.464 e. The Morgan fingerprint density at radius 2 is 1.93 bits per heavy atom. The molecule has 9 heteroatoms. The maximum absolute atomic E-state index is 11.9. The van der Waals surface area contributed by atoms with Crippen molar-refractivity contribution >= 4 is 12.2 Å². The molecule has 3 N–H and O–H groups in total. The van der Waals surface area contributed by atoms with Crippen LogP contribution in [-0.4, -0.2) is 30.1 Å². The molecule has 0 aliphatic carbocycles. The average molecular weight is 230 g/mol. The molecule has 0 rings (SSSR count). The molecule has 0 saturated carbocycles.